The average Bonchev–Trinajstić information content (AvgIpc) is 2.29. The molecule has 0 aliphatic heterocycles. The van der Waals surface area contributed by atoms with E-state index in [9.17, 15) is 9.59 Å². The van der Waals surface area contributed by atoms with Crippen molar-refractivity contribution in [2.24, 2.45) is 0 Å². The molecule has 0 atom stereocenters. The molecule has 1 amide bonds. The van der Waals surface area contributed by atoms with E-state index < -0.39 is 0 Å². The number of nitrogens with one attached hydrogen (secondary N) is 1. The Labute approximate surface area is 94.9 Å². The Bertz CT molecular complexity index is 438. The van der Waals surface area contributed by atoms with Gasteiger partial charge in [0.1, 0.15) is 0 Å². The lowest BCUT2D eigenvalue weighted by Crippen LogP contribution is -2.13. The van der Waals surface area contributed by atoms with Gasteiger partial charge in [-0.3, -0.25) is 9.59 Å². The SMILES string of the molecule is CCC(=O)Nc1ccc2c(c1)CCCC2=O. The van der Waals surface area contributed by atoms with Crippen LogP contribution in [0.3, 0.4) is 0 Å². The summed E-state index contributed by atoms with van der Waals surface area (Å²) in [6.45, 7) is 1.82. The first-order valence-corrected chi connectivity index (χ1v) is 5.66. The van der Waals surface area contributed by atoms with E-state index in [0.29, 0.717) is 12.8 Å². The zero-order valence-corrected chi connectivity index (χ0v) is 9.38. The summed E-state index contributed by atoms with van der Waals surface area (Å²) in [6.07, 6.45) is 2.96. The minimum absolute atomic E-state index is 0.00193. The van der Waals surface area contributed by atoms with Crippen molar-refractivity contribution in [1.29, 1.82) is 0 Å². The standard InChI is InChI=1S/C13H15NO2/c1-2-13(16)14-10-6-7-11-9(8-10)4-3-5-12(11)15/h6-8H,2-5H2,1H3,(H,14,16). The number of Topliss-reactive ketones (excluding diaryl/α,β-unsaturated/α-hetero) is 1. The number of aryl methyl sites for hydroxylation is 1. The molecule has 0 aromatic heterocycles. The quantitative estimate of drug-likeness (QED) is 0.827. The summed E-state index contributed by atoms with van der Waals surface area (Å²) in [6, 6.07) is 5.54. The van der Waals surface area contributed by atoms with E-state index in [1.165, 1.54) is 0 Å². The number of fused-ring (bicyclic) bond motifs is 1. The number of carbonyl (C=O) groups is 2. The molecule has 0 fully saturated rings. The van der Waals surface area contributed by atoms with Crippen LogP contribution in [0, 0.1) is 0 Å². The monoisotopic (exact) mass is 217 g/mol. The normalized spacial score (nSPS) is 14.4. The summed E-state index contributed by atoms with van der Waals surface area (Å²) in [5, 5.41) is 2.81. The number of benzene rings is 1. The predicted molar refractivity (Wildman–Crippen MR) is 62.6 cm³/mol. The Morgan fingerprint density at radius 1 is 1.38 bits per heavy atom. The molecule has 3 heteroatoms. The molecule has 84 valence electrons. The summed E-state index contributed by atoms with van der Waals surface area (Å²) >= 11 is 0. The van der Waals surface area contributed by atoms with Gasteiger partial charge in [0.15, 0.2) is 5.78 Å². The summed E-state index contributed by atoms with van der Waals surface area (Å²) in [7, 11) is 0. The second-order valence-electron chi connectivity index (χ2n) is 4.05. The minimum atomic E-state index is 0.00193. The van der Waals surface area contributed by atoms with Crippen LogP contribution >= 0.6 is 0 Å². The number of rotatable bonds is 2. The maximum Gasteiger partial charge on any atom is 0.224 e. The molecule has 0 saturated carbocycles. The van der Waals surface area contributed by atoms with Gasteiger partial charge in [0.05, 0.1) is 0 Å². The molecule has 1 N–H and O–H groups in total. The first kappa shape index (κ1) is 10.9. The number of amides is 1. The van der Waals surface area contributed by atoms with Gasteiger partial charge in [0, 0.05) is 24.1 Å². The predicted octanol–water partition coefficient (Wildman–Crippen LogP) is 2.55. The molecule has 1 aliphatic carbocycles. The van der Waals surface area contributed by atoms with Gasteiger partial charge in [-0.1, -0.05) is 6.92 Å². The number of carbonyl (C=O) groups excluding carboxylic acids is 2. The molecule has 16 heavy (non-hydrogen) atoms. The Hall–Kier alpha value is -1.64. The average molecular weight is 217 g/mol. The minimum Gasteiger partial charge on any atom is -0.326 e. The fourth-order valence-corrected chi connectivity index (χ4v) is 1.97. The molecule has 3 nitrogen and oxygen atoms in total. The second kappa shape index (κ2) is 4.47. The van der Waals surface area contributed by atoms with Crippen LogP contribution in [0.15, 0.2) is 18.2 Å². The lowest BCUT2D eigenvalue weighted by Gasteiger charge is -2.15. The summed E-state index contributed by atoms with van der Waals surface area (Å²) in [5.74, 6) is 0.219. The lowest BCUT2D eigenvalue weighted by molar-refractivity contribution is -0.115. The highest BCUT2D eigenvalue weighted by molar-refractivity contribution is 5.99. The van der Waals surface area contributed by atoms with Crippen LogP contribution in [0.4, 0.5) is 5.69 Å². The van der Waals surface area contributed by atoms with E-state index in [1.54, 1.807) is 6.07 Å². The van der Waals surface area contributed by atoms with Crippen LogP contribution in [0.1, 0.15) is 42.1 Å². The molecule has 2 rings (SSSR count). The van der Waals surface area contributed by atoms with Gasteiger partial charge < -0.3 is 5.32 Å². The highest BCUT2D eigenvalue weighted by atomic mass is 16.1. The van der Waals surface area contributed by atoms with Crippen LogP contribution in [-0.2, 0) is 11.2 Å². The summed E-state index contributed by atoms with van der Waals surface area (Å²) in [4.78, 5) is 22.8. The fraction of sp³-hybridized carbons (Fsp3) is 0.385. The molecule has 0 radical (unpaired) electrons. The molecular formula is C13H15NO2. The summed E-state index contributed by atoms with van der Waals surface area (Å²) < 4.78 is 0. The van der Waals surface area contributed by atoms with Crippen LogP contribution < -0.4 is 5.32 Å². The first-order chi connectivity index (χ1) is 7.70. The molecule has 1 aromatic rings. The third-order valence-electron chi connectivity index (χ3n) is 2.86. The van der Waals surface area contributed by atoms with E-state index in [2.05, 4.69) is 5.32 Å². The number of anilines is 1. The molecular weight excluding hydrogens is 202 g/mol. The third-order valence-corrected chi connectivity index (χ3v) is 2.86. The number of hydrogen-bond acceptors (Lipinski definition) is 2. The van der Waals surface area contributed by atoms with E-state index >= 15 is 0 Å². The van der Waals surface area contributed by atoms with Gasteiger partial charge in [-0.15, -0.1) is 0 Å². The topological polar surface area (TPSA) is 46.2 Å². The van der Waals surface area contributed by atoms with Gasteiger partial charge in [-0.05, 0) is 36.6 Å². The van der Waals surface area contributed by atoms with Crippen LogP contribution in [0.25, 0.3) is 0 Å². The van der Waals surface area contributed by atoms with Gasteiger partial charge >= 0.3 is 0 Å². The Kier molecular flexibility index (Phi) is 3.04. The van der Waals surface area contributed by atoms with Crippen molar-refractivity contribution in [3.63, 3.8) is 0 Å². The van der Waals surface area contributed by atoms with Crippen LogP contribution in [0.2, 0.25) is 0 Å². The third kappa shape index (κ3) is 2.13. The second-order valence-corrected chi connectivity index (χ2v) is 4.05. The Morgan fingerprint density at radius 3 is 2.94 bits per heavy atom. The van der Waals surface area contributed by atoms with Gasteiger partial charge in [-0.2, -0.15) is 0 Å². The van der Waals surface area contributed by atoms with E-state index in [-0.39, 0.29) is 11.7 Å². The van der Waals surface area contributed by atoms with Gasteiger partial charge in [0.2, 0.25) is 5.91 Å². The van der Waals surface area contributed by atoms with E-state index in [1.807, 2.05) is 19.1 Å². The van der Waals surface area contributed by atoms with Crippen molar-refractivity contribution in [3.05, 3.63) is 29.3 Å². The van der Waals surface area contributed by atoms with Gasteiger partial charge in [-0.25, -0.2) is 0 Å². The van der Waals surface area contributed by atoms with Crippen molar-refractivity contribution >= 4 is 17.4 Å². The Morgan fingerprint density at radius 2 is 2.19 bits per heavy atom. The van der Waals surface area contributed by atoms with Gasteiger partial charge in [0.25, 0.3) is 0 Å². The van der Waals surface area contributed by atoms with E-state index in [0.717, 1.165) is 29.7 Å². The molecule has 0 saturated heterocycles. The molecule has 0 unspecified atom stereocenters. The lowest BCUT2D eigenvalue weighted by atomic mass is 9.90. The van der Waals surface area contributed by atoms with Crippen molar-refractivity contribution < 1.29 is 9.59 Å². The molecule has 0 bridgehead atoms. The first-order valence-electron chi connectivity index (χ1n) is 5.66. The number of hydrogen-bond donors (Lipinski definition) is 1. The largest absolute Gasteiger partial charge is 0.326 e. The van der Waals surface area contributed by atoms with Crippen molar-refractivity contribution in [2.45, 2.75) is 32.6 Å². The molecule has 0 spiro atoms. The Balaban J connectivity index is 2.25. The van der Waals surface area contributed by atoms with Crippen LogP contribution in [-0.4, -0.2) is 11.7 Å². The van der Waals surface area contributed by atoms with Crippen molar-refractivity contribution in [1.82, 2.24) is 0 Å². The highest BCUT2D eigenvalue weighted by Gasteiger charge is 2.17. The van der Waals surface area contributed by atoms with Crippen molar-refractivity contribution in [2.75, 3.05) is 5.32 Å². The zero-order chi connectivity index (χ0) is 11.5. The molecule has 1 aliphatic rings. The number of ketones is 1. The maximum absolute atomic E-state index is 11.6. The summed E-state index contributed by atoms with van der Waals surface area (Å²) in [5.41, 5.74) is 2.67. The molecule has 1 aromatic carbocycles. The zero-order valence-electron chi connectivity index (χ0n) is 9.38. The smallest absolute Gasteiger partial charge is 0.224 e. The van der Waals surface area contributed by atoms with Crippen LogP contribution in [0.5, 0.6) is 0 Å². The highest BCUT2D eigenvalue weighted by Crippen LogP contribution is 2.24. The van der Waals surface area contributed by atoms with Crippen molar-refractivity contribution in [3.8, 4) is 0 Å². The molecule has 0 heterocycles. The van der Waals surface area contributed by atoms with E-state index in [4.69, 9.17) is 0 Å². The fourth-order valence-electron chi connectivity index (χ4n) is 1.97. The maximum atomic E-state index is 11.6.